The number of fused-ring (bicyclic) bond motifs is 1. The molecule has 1 saturated heterocycles. The van der Waals surface area contributed by atoms with Gasteiger partial charge in [-0.3, -0.25) is 9.59 Å². The van der Waals surface area contributed by atoms with Crippen LogP contribution < -0.4 is 15.5 Å². The molecular weight excluding hydrogens is 441 g/mol. The topological polar surface area (TPSA) is 99.7 Å². The van der Waals surface area contributed by atoms with Crippen LogP contribution in [0.15, 0.2) is 12.1 Å². The van der Waals surface area contributed by atoms with Crippen molar-refractivity contribution in [3.8, 4) is 0 Å². The van der Waals surface area contributed by atoms with Crippen molar-refractivity contribution in [2.75, 3.05) is 42.8 Å². The molecule has 2 N–H and O–H groups in total. The standard InChI is InChI=1S/C21H23F3N6O3/c1-9-16-18(29(3)17(10(2)33-4)19(31)27-16)28-21(25-9)26-12-7-30(8-12)20(32)11-5-13(22)15(24)14(23)6-11/h5-6,10,12,17H,7-8H2,1-4H3,(H,27,31)(H,25,26,28)/t10-,17?/m1/s1. The van der Waals surface area contributed by atoms with Gasteiger partial charge in [0, 0.05) is 32.8 Å². The van der Waals surface area contributed by atoms with Gasteiger partial charge >= 0.3 is 0 Å². The molecule has 9 nitrogen and oxygen atoms in total. The molecule has 2 aliphatic rings. The third-order valence-electron chi connectivity index (χ3n) is 5.89. The van der Waals surface area contributed by atoms with Crippen molar-refractivity contribution < 1.29 is 27.5 Å². The van der Waals surface area contributed by atoms with E-state index in [-0.39, 0.29) is 36.7 Å². The number of rotatable bonds is 5. The minimum atomic E-state index is -1.61. The van der Waals surface area contributed by atoms with Crippen LogP contribution in [0, 0.1) is 24.4 Å². The van der Waals surface area contributed by atoms with Crippen LogP contribution in [0.2, 0.25) is 0 Å². The smallest absolute Gasteiger partial charge is 0.254 e. The third-order valence-corrected chi connectivity index (χ3v) is 5.89. The van der Waals surface area contributed by atoms with E-state index in [1.54, 1.807) is 25.8 Å². The van der Waals surface area contributed by atoms with Crippen molar-refractivity contribution >= 4 is 29.3 Å². The number of aromatic nitrogens is 2. The van der Waals surface area contributed by atoms with E-state index in [1.165, 1.54) is 12.0 Å². The molecule has 0 spiro atoms. The van der Waals surface area contributed by atoms with Gasteiger partial charge in [-0.1, -0.05) is 0 Å². The Bertz CT molecular complexity index is 1100. The van der Waals surface area contributed by atoms with Gasteiger partial charge in [0.05, 0.1) is 17.8 Å². The van der Waals surface area contributed by atoms with Crippen LogP contribution in [0.4, 0.5) is 30.6 Å². The molecule has 0 aliphatic carbocycles. The van der Waals surface area contributed by atoms with Gasteiger partial charge in [0.2, 0.25) is 11.9 Å². The van der Waals surface area contributed by atoms with Crippen molar-refractivity contribution in [1.82, 2.24) is 14.9 Å². The second kappa shape index (κ2) is 8.50. The largest absolute Gasteiger partial charge is 0.379 e. The first kappa shape index (κ1) is 22.8. The molecule has 2 amide bonds. The van der Waals surface area contributed by atoms with E-state index in [0.29, 0.717) is 35.3 Å². The highest BCUT2D eigenvalue weighted by Crippen LogP contribution is 2.33. The maximum Gasteiger partial charge on any atom is 0.254 e. The SMILES string of the molecule is CO[C@H](C)C1C(=O)Nc2c(C)nc(NC3CN(C(=O)c4cc(F)c(F)c(F)c4)C3)nc2N1C. The molecule has 2 atom stereocenters. The molecule has 2 aromatic rings. The van der Waals surface area contributed by atoms with Gasteiger partial charge in [0.15, 0.2) is 23.3 Å². The molecule has 33 heavy (non-hydrogen) atoms. The molecule has 2 aliphatic heterocycles. The average Bonchev–Trinajstić information content (AvgIpc) is 2.74. The van der Waals surface area contributed by atoms with Crippen LogP contribution in [0.5, 0.6) is 0 Å². The van der Waals surface area contributed by atoms with Crippen LogP contribution in [-0.4, -0.2) is 72.1 Å². The summed E-state index contributed by atoms with van der Waals surface area (Å²) in [5, 5.41) is 5.96. The molecule has 12 heteroatoms. The molecule has 1 fully saturated rings. The molecule has 0 saturated carbocycles. The number of benzene rings is 1. The molecule has 1 aromatic carbocycles. The van der Waals surface area contributed by atoms with E-state index in [9.17, 15) is 22.8 Å². The highest BCUT2D eigenvalue weighted by Gasteiger charge is 2.38. The zero-order valence-corrected chi connectivity index (χ0v) is 18.4. The van der Waals surface area contributed by atoms with E-state index in [0.717, 1.165) is 0 Å². The summed E-state index contributed by atoms with van der Waals surface area (Å²) in [5.74, 6) is -4.41. The molecule has 3 heterocycles. The lowest BCUT2D eigenvalue weighted by atomic mass is 10.1. The number of likely N-dealkylation sites (N-methyl/N-ethyl adjacent to an activating group) is 1. The highest BCUT2D eigenvalue weighted by molar-refractivity contribution is 6.03. The van der Waals surface area contributed by atoms with Gasteiger partial charge < -0.3 is 25.2 Å². The number of anilines is 3. The van der Waals surface area contributed by atoms with Crippen LogP contribution in [-0.2, 0) is 9.53 Å². The fourth-order valence-corrected chi connectivity index (χ4v) is 3.97. The summed E-state index contributed by atoms with van der Waals surface area (Å²) in [4.78, 5) is 37.0. The number of amides is 2. The molecule has 176 valence electrons. The number of likely N-dealkylation sites (tertiary alicyclic amines) is 1. The third kappa shape index (κ3) is 4.06. The number of carbonyl (C=O) groups excluding carboxylic acids is 2. The Morgan fingerprint density at radius 3 is 2.48 bits per heavy atom. The summed E-state index contributed by atoms with van der Waals surface area (Å²) in [7, 11) is 3.27. The van der Waals surface area contributed by atoms with Crippen molar-refractivity contribution in [3.05, 3.63) is 40.8 Å². The van der Waals surface area contributed by atoms with Crippen molar-refractivity contribution in [3.63, 3.8) is 0 Å². The van der Waals surface area contributed by atoms with Gasteiger partial charge in [0.25, 0.3) is 5.91 Å². The van der Waals surface area contributed by atoms with E-state index in [1.807, 2.05) is 0 Å². The Hall–Kier alpha value is -3.41. The Morgan fingerprint density at radius 2 is 1.88 bits per heavy atom. The van der Waals surface area contributed by atoms with E-state index in [4.69, 9.17) is 4.74 Å². The summed E-state index contributed by atoms with van der Waals surface area (Å²) in [6.45, 7) is 4.02. The van der Waals surface area contributed by atoms with Crippen molar-refractivity contribution in [2.45, 2.75) is 32.0 Å². The van der Waals surface area contributed by atoms with Crippen LogP contribution in [0.1, 0.15) is 23.0 Å². The minimum absolute atomic E-state index is 0.196. The normalized spacial score (nSPS) is 19.0. The Kier molecular flexibility index (Phi) is 5.87. The zero-order valence-electron chi connectivity index (χ0n) is 18.4. The van der Waals surface area contributed by atoms with E-state index < -0.39 is 29.4 Å². The number of hydrogen-bond acceptors (Lipinski definition) is 7. The van der Waals surface area contributed by atoms with Crippen LogP contribution >= 0.6 is 0 Å². The van der Waals surface area contributed by atoms with E-state index >= 15 is 0 Å². The van der Waals surface area contributed by atoms with Crippen LogP contribution in [0.3, 0.4) is 0 Å². The molecule has 0 radical (unpaired) electrons. The van der Waals surface area contributed by atoms with Gasteiger partial charge in [-0.05, 0) is 26.0 Å². The quantitative estimate of drug-likeness (QED) is 0.653. The van der Waals surface area contributed by atoms with Crippen molar-refractivity contribution in [1.29, 1.82) is 0 Å². The lowest BCUT2D eigenvalue weighted by Crippen LogP contribution is -2.57. The number of nitrogens with zero attached hydrogens (tertiary/aromatic N) is 4. The second-order valence-corrected chi connectivity index (χ2v) is 8.12. The molecule has 1 unspecified atom stereocenters. The lowest BCUT2D eigenvalue weighted by molar-refractivity contribution is -0.120. The number of hydrogen-bond donors (Lipinski definition) is 2. The number of halogens is 3. The summed E-state index contributed by atoms with van der Waals surface area (Å²) >= 11 is 0. The first-order valence-electron chi connectivity index (χ1n) is 10.3. The van der Waals surface area contributed by atoms with Gasteiger partial charge in [-0.25, -0.2) is 18.2 Å². The molecular formula is C21H23F3N6O3. The maximum absolute atomic E-state index is 13.4. The predicted molar refractivity (Wildman–Crippen MR) is 114 cm³/mol. The maximum atomic E-state index is 13.4. The Labute approximate surface area is 187 Å². The molecule has 0 bridgehead atoms. The van der Waals surface area contributed by atoms with E-state index in [2.05, 4.69) is 20.6 Å². The monoisotopic (exact) mass is 464 g/mol. The lowest BCUT2D eigenvalue weighted by Gasteiger charge is -2.40. The minimum Gasteiger partial charge on any atom is -0.379 e. The first-order chi connectivity index (χ1) is 15.6. The number of nitrogens with one attached hydrogen (secondary N) is 2. The Balaban J connectivity index is 1.45. The van der Waals surface area contributed by atoms with Gasteiger partial charge in [-0.2, -0.15) is 4.98 Å². The highest BCUT2D eigenvalue weighted by atomic mass is 19.2. The fourth-order valence-electron chi connectivity index (χ4n) is 3.97. The number of ether oxygens (including phenoxy) is 1. The predicted octanol–water partition coefficient (Wildman–Crippen LogP) is 1.93. The first-order valence-corrected chi connectivity index (χ1v) is 10.3. The van der Waals surface area contributed by atoms with Gasteiger partial charge in [-0.15, -0.1) is 0 Å². The number of aryl methyl sites for hydroxylation is 1. The summed E-state index contributed by atoms with van der Waals surface area (Å²) < 4.78 is 45.3. The summed E-state index contributed by atoms with van der Waals surface area (Å²) in [6, 6.07) is 0.592. The van der Waals surface area contributed by atoms with Crippen molar-refractivity contribution in [2.24, 2.45) is 0 Å². The van der Waals surface area contributed by atoms with Crippen LogP contribution in [0.25, 0.3) is 0 Å². The molecule has 1 aromatic heterocycles. The second-order valence-electron chi connectivity index (χ2n) is 8.12. The number of methoxy groups -OCH3 is 1. The molecule has 4 rings (SSSR count). The Morgan fingerprint density at radius 1 is 1.24 bits per heavy atom. The zero-order chi connectivity index (χ0) is 24.0. The summed E-state index contributed by atoms with van der Waals surface area (Å²) in [5.41, 5.74) is 0.815. The fraction of sp³-hybridized carbons (Fsp3) is 0.429. The van der Waals surface area contributed by atoms with Gasteiger partial charge in [0.1, 0.15) is 11.7 Å². The average molecular weight is 464 g/mol. The number of carbonyl (C=O) groups is 2. The summed E-state index contributed by atoms with van der Waals surface area (Å²) in [6.07, 6.45) is -0.373.